The van der Waals surface area contributed by atoms with E-state index < -0.39 is 0 Å². The highest BCUT2D eigenvalue weighted by atomic mass is 32.2. The molecular weight excluding hydrogens is 445 g/mol. The van der Waals surface area contributed by atoms with E-state index in [0.717, 1.165) is 29.5 Å². The minimum absolute atomic E-state index is 0.0345. The van der Waals surface area contributed by atoms with E-state index in [1.165, 1.54) is 43.2 Å². The molecule has 1 aliphatic heterocycles. The van der Waals surface area contributed by atoms with Crippen LogP contribution >= 0.6 is 23.1 Å². The summed E-state index contributed by atoms with van der Waals surface area (Å²) in [6.45, 7) is 6.18. The van der Waals surface area contributed by atoms with Crippen LogP contribution in [0, 0.1) is 5.82 Å². The summed E-state index contributed by atoms with van der Waals surface area (Å²) < 4.78 is 15.5. The molecule has 0 bridgehead atoms. The number of hydrogen-bond acceptors (Lipinski definition) is 6. The Labute approximate surface area is 196 Å². The van der Waals surface area contributed by atoms with Gasteiger partial charge in [-0.2, -0.15) is 0 Å². The summed E-state index contributed by atoms with van der Waals surface area (Å²) in [5, 5.41) is 14.6. The fraction of sp³-hybridized carbons (Fsp3) is 0.435. The lowest BCUT2D eigenvalue weighted by molar-refractivity contribution is -0.119. The molecule has 1 aliphatic rings. The van der Waals surface area contributed by atoms with Gasteiger partial charge in [-0.05, 0) is 75.5 Å². The molecule has 0 spiro atoms. The number of piperidine rings is 1. The minimum atomic E-state index is -0.288. The average Bonchev–Trinajstić information content (AvgIpc) is 3.49. The van der Waals surface area contributed by atoms with Gasteiger partial charge in [0.05, 0.1) is 17.8 Å². The molecule has 9 heteroatoms. The Morgan fingerprint density at radius 1 is 1.16 bits per heavy atom. The van der Waals surface area contributed by atoms with Crippen LogP contribution in [0.5, 0.6) is 0 Å². The molecule has 1 N–H and O–H groups in total. The second-order valence-electron chi connectivity index (χ2n) is 8.02. The van der Waals surface area contributed by atoms with Gasteiger partial charge < -0.3 is 5.32 Å². The Morgan fingerprint density at radius 2 is 1.91 bits per heavy atom. The van der Waals surface area contributed by atoms with E-state index in [2.05, 4.69) is 27.3 Å². The maximum Gasteiger partial charge on any atom is 0.230 e. The third kappa shape index (κ3) is 5.39. The van der Waals surface area contributed by atoms with Gasteiger partial charge in [-0.1, -0.05) is 24.2 Å². The smallest absolute Gasteiger partial charge is 0.230 e. The van der Waals surface area contributed by atoms with E-state index in [0.29, 0.717) is 5.16 Å². The van der Waals surface area contributed by atoms with E-state index >= 15 is 0 Å². The number of amides is 1. The summed E-state index contributed by atoms with van der Waals surface area (Å²) in [7, 11) is 0. The largest absolute Gasteiger partial charge is 0.348 e. The Bertz CT molecular complexity index is 1020. The fourth-order valence-electron chi connectivity index (χ4n) is 3.97. The monoisotopic (exact) mass is 473 g/mol. The first-order chi connectivity index (χ1) is 15.5. The Morgan fingerprint density at radius 3 is 2.59 bits per heavy atom. The number of likely N-dealkylation sites (tertiary alicyclic amines) is 1. The second kappa shape index (κ2) is 10.6. The van der Waals surface area contributed by atoms with Crippen molar-refractivity contribution < 1.29 is 9.18 Å². The summed E-state index contributed by atoms with van der Waals surface area (Å²) in [5.41, 5.74) is 0.796. The van der Waals surface area contributed by atoms with Crippen LogP contribution in [-0.4, -0.2) is 44.4 Å². The lowest BCUT2D eigenvalue weighted by Crippen LogP contribution is -2.33. The van der Waals surface area contributed by atoms with E-state index in [9.17, 15) is 9.18 Å². The van der Waals surface area contributed by atoms with Gasteiger partial charge in [0.2, 0.25) is 5.91 Å². The lowest BCUT2D eigenvalue weighted by Gasteiger charge is -2.31. The van der Waals surface area contributed by atoms with Crippen LogP contribution in [0.3, 0.4) is 0 Å². The van der Waals surface area contributed by atoms with Crippen LogP contribution in [0.4, 0.5) is 4.39 Å². The molecule has 1 aromatic carbocycles. The SMILES string of the molecule is C[C@H](NC(=O)CSc1nnc([C@@H](C)N2CCCCC2)n1-c1ccc(F)cc1)c1cccs1. The predicted octanol–water partition coefficient (Wildman–Crippen LogP) is 4.98. The highest BCUT2D eigenvalue weighted by molar-refractivity contribution is 7.99. The number of thioether (sulfide) groups is 1. The van der Waals surface area contributed by atoms with Crippen molar-refractivity contribution in [1.82, 2.24) is 25.0 Å². The van der Waals surface area contributed by atoms with E-state index in [4.69, 9.17) is 0 Å². The number of rotatable bonds is 8. The van der Waals surface area contributed by atoms with Gasteiger partial charge in [-0.3, -0.25) is 14.3 Å². The molecule has 6 nitrogen and oxygen atoms in total. The van der Waals surface area contributed by atoms with Crippen LogP contribution in [0.15, 0.2) is 46.9 Å². The number of halogens is 1. The first-order valence-electron chi connectivity index (χ1n) is 10.9. The van der Waals surface area contributed by atoms with Gasteiger partial charge in [-0.15, -0.1) is 21.5 Å². The highest BCUT2D eigenvalue weighted by Crippen LogP contribution is 2.29. The van der Waals surface area contributed by atoms with E-state index in [1.54, 1.807) is 23.5 Å². The molecule has 2 aromatic heterocycles. The number of thiophene rings is 1. The van der Waals surface area contributed by atoms with Crippen molar-refractivity contribution in [3.63, 3.8) is 0 Å². The zero-order valence-electron chi connectivity index (χ0n) is 18.3. The molecule has 0 saturated carbocycles. The maximum absolute atomic E-state index is 13.6. The van der Waals surface area contributed by atoms with Crippen LogP contribution < -0.4 is 5.32 Å². The normalized spacial score (nSPS) is 16.6. The van der Waals surface area contributed by atoms with Gasteiger partial charge in [0.1, 0.15) is 5.82 Å². The lowest BCUT2D eigenvalue weighted by atomic mass is 10.1. The molecule has 0 aliphatic carbocycles. The summed E-state index contributed by atoms with van der Waals surface area (Å²) >= 11 is 2.97. The summed E-state index contributed by atoms with van der Waals surface area (Å²) in [6.07, 6.45) is 3.62. The predicted molar refractivity (Wildman–Crippen MR) is 127 cm³/mol. The van der Waals surface area contributed by atoms with Crippen LogP contribution in [-0.2, 0) is 4.79 Å². The topological polar surface area (TPSA) is 63.1 Å². The Kier molecular flexibility index (Phi) is 7.59. The first-order valence-corrected chi connectivity index (χ1v) is 12.8. The number of hydrogen-bond donors (Lipinski definition) is 1. The quantitative estimate of drug-likeness (QED) is 0.467. The van der Waals surface area contributed by atoms with Gasteiger partial charge in [0.25, 0.3) is 0 Å². The second-order valence-corrected chi connectivity index (χ2v) is 9.94. The average molecular weight is 474 g/mol. The van der Waals surface area contributed by atoms with Crippen LogP contribution in [0.2, 0.25) is 0 Å². The molecule has 32 heavy (non-hydrogen) atoms. The van der Waals surface area contributed by atoms with Crippen molar-refractivity contribution >= 4 is 29.0 Å². The minimum Gasteiger partial charge on any atom is -0.348 e. The molecule has 0 radical (unpaired) electrons. The standard InChI is InChI=1S/C23H28FN5OS2/c1-16(20-7-6-14-31-20)25-21(30)15-32-23-27-26-22(17(2)28-12-4-3-5-13-28)29(23)19-10-8-18(24)9-11-19/h6-11,14,16-17H,3-5,12-13,15H2,1-2H3,(H,25,30)/t16-,17+/m0/s1. The summed E-state index contributed by atoms with van der Waals surface area (Å²) in [6, 6.07) is 10.4. The van der Waals surface area contributed by atoms with Crippen molar-refractivity contribution in [3.05, 3.63) is 58.3 Å². The maximum atomic E-state index is 13.6. The molecule has 1 fully saturated rings. The number of nitrogens with zero attached hydrogens (tertiary/aromatic N) is 4. The van der Waals surface area contributed by atoms with Crippen LogP contribution in [0.1, 0.15) is 55.9 Å². The zero-order valence-corrected chi connectivity index (χ0v) is 20.0. The van der Waals surface area contributed by atoms with Gasteiger partial charge >= 0.3 is 0 Å². The van der Waals surface area contributed by atoms with Crippen molar-refractivity contribution in [2.75, 3.05) is 18.8 Å². The summed E-state index contributed by atoms with van der Waals surface area (Å²) in [4.78, 5) is 16.1. The van der Waals surface area contributed by atoms with E-state index in [1.807, 2.05) is 29.0 Å². The molecule has 4 rings (SSSR count). The third-order valence-corrected chi connectivity index (χ3v) is 7.72. The van der Waals surface area contributed by atoms with Crippen molar-refractivity contribution in [1.29, 1.82) is 0 Å². The molecule has 1 amide bonds. The van der Waals surface area contributed by atoms with Gasteiger partial charge in [-0.25, -0.2) is 4.39 Å². The Balaban J connectivity index is 1.52. The molecule has 0 unspecified atom stereocenters. The van der Waals surface area contributed by atoms with Crippen molar-refractivity contribution in [2.24, 2.45) is 0 Å². The molecule has 3 heterocycles. The molecular formula is C23H28FN5OS2. The first kappa shape index (κ1) is 22.9. The number of nitrogens with one attached hydrogen (secondary N) is 1. The Hall–Kier alpha value is -2.23. The number of carbonyl (C=O) groups is 1. The third-order valence-electron chi connectivity index (χ3n) is 5.74. The fourth-order valence-corrected chi connectivity index (χ4v) is 5.47. The van der Waals surface area contributed by atoms with Gasteiger partial charge in [0.15, 0.2) is 11.0 Å². The molecule has 170 valence electrons. The summed E-state index contributed by atoms with van der Waals surface area (Å²) in [5.74, 6) is 0.694. The van der Waals surface area contributed by atoms with Gasteiger partial charge in [0, 0.05) is 10.6 Å². The highest BCUT2D eigenvalue weighted by Gasteiger charge is 2.26. The van der Waals surface area contributed by atoms with E-state index in [-0.39, 0.29) is 29.6 Å². The van der Waals surface area contributed by atoms with Crippen molar-refractivity contribution in [3.8, 4) is 5.69 Å². The zero-order chi connectivity index (χ0) is 22.5. The molecule has 3 aromatic rings. The molecule has 1 saturated heterocycles. The number of carbonyl (C=O) groups excluding carboxylic acids is 1. The number of benzene rings is 1. The molecule has 2 atom stereocenters. The number of aromatic nitrogens is 3. The van der Waals surface area contributed by atoms with Crippen molar-refractivity contribution in [2.45, 2.75) is 50.4 Å². The van der Waals surface area contributed by atoms with Crippen LogP contribution in [0.25, 0.3) is 5.69 Å².